The molecular formula is C22H26N4OS. The smallest absolute Gasteiger partial charge is 0.253 e. The Kier molecular flexibility index (Phi) is 5.31. The van der Waals surface area contributed by atoms with Gasteiger partial charge in [0.15, 0.2) is 5.17 Å². The van der Waals surface area contributed by atoms with E-state index in [-0.39, 0.29) is 11.4 Å². The Balaban J connectivity index is 1.47. The van der Waals surface area contributed by atoms with Gasteiger partial charge in [0.05, 0.1) is 5.54 Å². The predicted octanol–water partition coefficient (Wildman–Crippen LogP) is 3.32. The van der Waals surface area contributed by atoms with Crippen LogP contribution in [-0.4, -0.2) is 47.9 Å². The average molecular weight is 395 g/mol. The van der Waals surface area contributed by atoms with Crippen molar-refractivity contribution in [2.45, 2.75) is 18.9 Å². The van der Waals surface area contributed by atoms with Gasteiger partial charge in [-0.25, -0.2) is 0 Å². The Hall–Kier alpha value is -2.47. The summed E-state index contributed by atoms with van der Waals surface area (Å²) < 4.78 is 0. The van der Waals surface area contributed by atoms with Crippen molar-refractivity contribution in [1.82, 2.24) is 4.90 Å². The van der Waals surface area contributed by atoms with Crippen LogP contribution in [0.15, 0.2) is 59.6 Å². The zero-order valence-corrected chi connectivity index (χ0v) is 17.0. The standard InChI is InChI=1S/C22H26N4OS/c1-22(10-15-28-21(23)24-22)18-7-5-6-17(16-18)20(27)26-13-11-25(12-14-26)19-8-3-2-4-9-19/h2-9,16H,10-15H2,1H3,(H2,23,24). The molecule has 0 spiro atoms. The number of hydrogen-bond donors (Lipinski definition) is 1. The molecule has 2 aliphatic rings. The third-order valence-corrected chi connectivity index (χ3v) is 6.41. The maximum atomic E-state index is 13.1. The molecule has 1 fully saturated rings. The highest BCUT2D eigenvalue weighted by Gasteiger charge is 2.30. The molecule has 28 heavy (non-hydrogen) atoms. The van der Waals surface area contributed by atoms with Crippen LogP contribution >= 0.6 is 11.8 Å². The molecule has 2 aromatic rings. The second-order valence-electron chi connectivity index (χ2n) is 7.52. The van der Waals surface area contributed by atoms with E-state index in [2.05, 4.69) is 47.1 Å². The summed E-state index contributed by atoms with van der Waals surface area (Å²) >= 11 is 1.59. The molecule has 4 rings (SSSR count). The molecule has 0 aromatic heterocycles. The lowest BCUT2D eigenvalue weighted by atomic mass is 9.88. The van der Waals surface area contributed by atoms with Gasteiger partial charge in [0.1, 0.15) is 0 Å². The summed E-state index contributed by atoms with van der Waals surface area (Å²) in [5.41, 5.74) is 8.62. The van der Waals surface area contributed by atoms with E-state index in [1.807, 2.05) is 29.2 Å². The minimum Gasteiger partial charge on any atom is -0.379 e. The highest BCUT2D eigenvalue weighted by molar-refractivity contribution is 8.13. The SMILES string of the molecule is CC1(c2cccc(C(=O)N3CCN(c4ccccc4)CC3)c2)CCSC(N)=N1. The number of thioether (sulfide) groups is 1. The number of para-hydroxylation sites is 1. The van der Waals surface area contributed by atoms with Gasteiger partial charge in [-0.1, -0.05) is 42.1 Å². The summed E-state index contributed by atoms with van der Waals surface area (Å²) in [6.07, 6.45) is 0.922. The summed E-state index contributed by atoms with van der Waals surface area (Å²) in [6.45, 7) is 5.27. The van der Waals surface area contributed by atoms with E-state index in [1.54, 1.807) is 11.8 Å². The zero-order valence-electron chi connectivity index (χ0n) is 16.2. The molecular weight excluding hydrogens is 368 g/mol. The van der Waals surface area contributed by atoms with E-state index in [1.165, 1.54) is 5.69 Å². The molecule has 0 bridgehead atoms. The number of carbonyl (C=O) groups is 1. The number of rotatable bonds is 3. The lowest BCUT2D eigenvalue weighted by Gasteiger charge is -2.36. The molecule has 2 aliphatic heterocycles. The van der Waals surface area contributed by atoms with Gasteiger partial charge in [0, 0.05) is 43.2 Å². The molecule has 2 N–H and O–H groups in total. The fourth-order valence-corrected chi connectivity index (χ4v) is 4.85. The predicted molar refractivity (Wildman–Crippen MR) is 117 cm³/mol. The molecule has 1 saturated heterocycles. The van der Waals surface area contributed by atoms with Gasteiger partial charge >= 0.3 is 0 Å². The monoisotopic (exact) mass is 394 g/mol. The van der Waals surface area contributed by atoms with Gasteiger partial charge in [0.2, 0.25) is 0 Å². The van der Waals surface area contributed by atoms with E-state index in [0.717, 1.165) is 49.5 Å². The molecule has 0 aliphatic carbocycles. The number of amides is 1. The maximum absolute atomic E-state index is 13.1. The van der Waals surface area contributed by atoms with Crippen molar-refractivity contribution in [3.63, 3.8) is 0 Å². The van der Waals surface area contributed by atoms with Crippen molar-refractivity contribution in [2.24, 2.45) is 10.7 Å². The lowest BCUT2D eigenvalue weighted by Crippen LogP contribution is -2.48. The van der Waals surface area contributed by atoms with Crippen molar-refractivity contribution >= 4 is 28.5 Å². The number of hydrogen-bond acceptors (Lipinski definition) is 5. The first-order valence-electron chi connectivity index (χ1n) is 9.73. The van der Waals surface area contributed by atoms with Crippen LogP contribution < -0.4 is 10.6 Å². The van der Waals surface area contributed by atoms with E-state index >= 15 is 0 Å². The van der Waals surface area contributed by atoms with Gasteiger partial charge < -0.3 is 15.5 Å². The lowest BCUT2D eigenvalue weighted by molar-refractivity contribution is 0.0746. The number of anilines is 1. The van der Waals surface area contributed by atoms with Crippen molar-refractivity contribution in [2.75, 3.05) is 36.8 Å². The molecule has 1 atom stereocenters. The quantitative estimate of drug-likeness (QED) is 0.868. The Labute approximate surface area is 170 Å². The Morgan fingerprint density at radius 3 is 2.54 bits per heavy atom. The first-order chi connectivity index (χ1) is 13.5. The van der Waals surface area contributed by atoms with E-state index in [9.17, 15) is 4.79 Å². The number of aliphatic imine (C=N–C) groups is 1. The number of benzene rings is 2. The van der Waals surface area contributed by atoms with Crippen molar-refractivity contribution in [3.05, 3.63) is 65.7 Å². The first kappa shape index (κ1) is 18.9. The molecule has 146 valence electrons. The fraction of sp³-hybridized carbons (Fsp3) is 0.364. The molecule has 6 heteroatoms. The van der Waals surface area contributed by atoms with Gasteiger partial charge in [0.25, 0.3) is 5.91 Å². The molecule has 5 nitrogen and oxygen atoms in total. The molecule has 0 radical (unpaired) electrons. The summed E-state index contributed by atoms with van der Waals surface area (Å²) in [6, 6.07) is 18.3. The third kappa shape index (κ3) is 3.87. The van der Waals surface area contributed by atoms with E-state index in [4.69, 9.17) is 5.73 Å². The summed E-state index contributed by atoms with van der Waals surface area (Å²) in [7, 11) is 0. The van der Waals surface area contributed by atoms with Gasteiger partial charge in [-0.3, -0.25) is 9.79 Å². The van der Waals surface area contributed by atoms with Crippen LogP contribution in [0, 0.1) is 0 Å². The second kappa shape index (κ2) is 7.87. The maximum Gasteiger partial charge on any atom is 0.253 e. The minimum absolute atomic E-state index is 0.0975. The number of piperazine rings is 1. The van der Waals surface area contributed by atoms with Crippen LogP contribution in [0.3, 0.4) is 0 Å². The molecule has 0 saturated carbocycles. The first-order valence-corrected chi connectivity index (χ1v) is 10.7. The van der Waals surface area contributed by atoms with Crippen molar-refractivity contribution < 1.29 is 4.79 Å². The highest BCUT2D eigenvalue weighted by atomic mass is 32.2. The van der Waals surface area contributed by atoms with Crippen molar-refractivity contribution in [1.29, 1.82) is 0 Å². The topological polar surface area (TPSA) is 61.9 Å². The Morgan fingerprint density at radius 2 is 1.82 bits per heavy atom. The average Bonchev–Trinajstić information content (AvgIpc) is 2.74. The van der Waals surface area contributed by atoms with Crippen LogP contribution in [0.25, 0.3) is 0 Å². The van der Waals surface area contributed by atoms with Crippen LogP contribution in [-0.2, 0) is 5.54 Å². The van der Waals surface area contributed by atoms with Gasteiger partial charge in [-0.2, -0.15) is 0 Å². The Morgan fingerprint density at radius 1 is 1.07 bits per heavy atom. The number of nitrogens with zero attached hydrogens (tertiary/aromatic N) is 3. The molecule has 1 amide bonds. The normalized spacial score (nSPS) is 22.7. The highest BCUT2D eigenvalue weighted by Crippen LogP contribution is 2.35. The summed E-state index contributed by atoms with van der Waals surface area (Å²) in [4.78, 5) is 22.0. The number of nitrogens with two attached hydrogens (primary N) is 1. The van der Waals surface area contributed by atoms with Crippen LogP contribution in [0.1, 0.15) is 29.3 Å². The zero-order chi connectivity index (χ0) is 19.6. The van der Waals surface area contributed by atoms with Gasteiger partial charge in [-0.05, 0) is 43.2 Å². The van der Waals surface area contributed by atoms with Crippen LogP contribution in [0.4, 0.5) is 5.69 Å². The second-order valence-corrected chi connectivity index (χ2v) is 8.63. The third-order valence-electron chi connectivity index (χ3n) is 5.62. The van der Waals surface area contributed by atoms with Crippen LogP contribution in [0.2, 0.25) is 0 Å². The van der Waals surface area contributed by atoms with Gasteiger partial charge in [-0.15, -0.1) is 0 Å². The molecule has 2 aromatic carbocycles. The minimum atomic E-state index is -0.350. The number of amidine groups is 1. The van der Waals surface area contributed by atoms with E-state index in [0.29, 0.717) is 5.17 Å². The van der Waals surface area contributed by atoms with Crippen LogP contribution in [0.5, 0.6) is 0 Å². The number of carbonyl (C=O) groups excluding carboxylic acids is 1. The summed E-state index contributed by atoms with van der Waals surface area (Å²) in [5.74, 6) is 1.05. The fourth-order valence-electron chi connectivity index (χ4n) is 3.87. The summed E-state index contributed by atoms with van der Waals surface area (Å²) in [5, 5.41) is 0.627. The molecule has 1 unspecified atom stereocenters. The molecule has 2 heterocycles. The largest absolute Gasteiger partial charge is 0.379 e. The van der Waals surface area contributed by atoms with Crippen molar-refractivity contribution in [3.8, 4) is 0 Å². The van der Waals surface area contributed by atoms with E-state index < -0.39 is 0 Å². The Bertz CT molecular complexity index is 877.